The molecular formula is C5H8O5. The topological polar surface area (TPSA) is 83.8 Å². The van der Waals surface area contributed by atoms with Crippen LogP contribution in [0.25, 0.3) is 0 Å². The van der Waals surface area contributed by atoms with Crippen LogP contribution in [0.1, 0.15) is 6.92 Å². The van der Waals surface area contributed by atoms with Gasteiger partial charge in [0.2, 0.25) is 0 Å². The van der Waals surface area contributed by atoms with Crippen LogP contribution in [0.15, 0.2) is 0 Å². The highest BCUT2D eigenvalue weighted by Gasteiger charge is 2.12. The molecule has 10 heavy (non-hydrogen) atoms. The first kappa shape index (κ1) is 8.90. The minimum absolute atomic E-state index is 0.287. The third-order valence-electron chi connectivity index (χ3n) is 0.630. The predicted octanol–water partition coefficient (Wildman–Crippen LogP) is -1.00. The van der Waals surface area contributed by atoms with Gasteiger partial charge in [-0.25, -0.2) is 9.59 Å². The van der Waals surface area contributed by atoms with Gasteiger partial charge in [0.1, 0.15) is 6.61 Å². The number of carbonyl (C=O) groups excluding carboxylic acids is 1. The summed E-state index contributed by atoms with van der Waals surface area (Å²) in [5.41, 5.74) is 0. The number of carbonyl (C=O) groups is 2. The van der Waals surface area contributed by atoms with E-state index in [2.05, 4.69) is 4.74 Å². The van der Waals surface area contributed by atoms with Gasteiger partial charge >= 0.3 is 11.9 Å². The second kappa shape index (κ2) is 3.84. The second-order valence-corrected chi connectivity index (χ2v) is 1.75. The summed E-state index contributed by atoms with van der Waals surface area (Å²) >= 11 is 0. The highest BCUT2D eigenvalue weighted by atomic mass is 16.6. The number of aliphatic carboxylic acids is 1. The van der Waals surface area contributed by atoms with E-state index in [-0.39, 0.29) is 6.61 Å². The third-order valence-corrected chi connectivity index (χ3v) is 0.630. The van der Waals surface area contributed by atoms with Gasteiger partial charge < -0.3 is 14.9 Å². The van der Waals surface area contributed by atoms with Gasteiger partial charge in [0.25, 0.3) is 0 Å². The molecule has 0 aliphatic heterocycles. The summed E-state index contributed by atoms with van der Waals surface area (Å²) in [6.45, 7) is 1.10. The highest BCUT2D eigenvalue weighted by molar-refractivity contribution is 6.28. The molecule has 0 aliphatic carbocycles. The lowest BCUT2D eigenvalue weighted by Crippen LogP contribution is -2.21. The summed E-state index contributed by atoms with van der Waals surface area (Å²) < 4.78 is 4.08. The fourth-order valence-corrected chi connectivity index (χ4v) is 0.258. The van der Waals surface area contributed by atoms with Crippen LogP contribution in [0.4, 0.5) is 0 Å². The van der Waals surface area contributed by atoms with Crippen LogP contribution < -0.4 is 0 Å². The SMILES string of the molecule is CC(O)COC(=O)C(=O)O. The first-order chi connectivity index (χ1) is 4.54. The van der Waals surface area contributed by atoms with Gasteiger partial charge in [-0.1, -0.05) is 0 Å². The van der Waals surface area contributed by atoms with Gasteiger partial charge in [0, 0.05) is 0 Å². The Hall–Kier alpha value is -1.10. The third kappa shape index (κ3) is 3.85. The van der Waals surface area contributed by atoms with Crippen LogP contribution >= 0.6 is 0 Å². The molecule has 0 aromatic carbocycles. The van der Waals surface area contributed by atoms with Crippen LogP contribution in [0.2, 0.25) is 0 Å². The minimum Gasteiger partial charge on any atom is -0.473 e. The summed E-state index contributed by atoms with van der Waals surface area (Å²) in [6.07, 6.45) is -0.830. The molecule has 0 rings (SSSR count). The number of aliphatic hydroxyl groups is 1. The Morgan fingerprint density at radius 2 is 2.10 bits per heavy atom. The number of hydrogen-bond acceptors (Lipinski definition) is 4. The second-order valence-electron chi connectivity index (χ2n) is 1.75. The number of aliphatic hydroxyl groups excluding tert-OH is 1. The maximum Gasteiger partial charge on any atom is 0.417 e. The molecule has 5 heteroatoms. The number of carboxylic acid groups (broad SMARTS) is 1. The molecule has 0 aliphatic rings. The molecule has 0 heterocycles. The fourth-order valence-electron chi connectivity index (χ4n) is 0.258. The van der Waals surface area contributed by atoms with Gasteiger partial charge in [-0.05, 0) is 6.92 Å². The lowest BCUT2D eigenvalue weighted by molar-refractivity contribution is -0.165. The Bertz CT molecular complexity index is 139. The maximum absolute atomic E-state index is 10.1. The monoisotopic (exact) mass is 148 g/mol. The first-order valence-corrected chi connectivity index (χ1v) is 2.62. The fraction of sp³-hybridized carbons (Fsp3) is 0.600. The molecule has 0 saturated carbocycles. The highest BCUT2D eigenvalue weighted by Crippen LogP contribution is 1.83. The smallest absolute Gasteiger partial charge is 0.417 e. The van der Waals surface area contributed by atoms with E-state index in [1.807, 2.05) is 0 Å². The van der Waals surface area contributed by atoms with E-state index in [4.69, 9.17) is 10.2 Å². The molecule has 2 N–H and O–H groups in total. The van der Waals surface area contributed by atoms with Gasteiger partial charge in [0.15, 0.2) is 0 Å². The Morgan fingerprint density at radius 3 is 2.40 bits per heavy atom. The molecule has 0 bridgehead atoms. The Labute approximate surface area is 57.2 Å². The molecule has 58 valence electrons. The molecule has 0 aromatic heterocycles. The molecule has 0 saturated heterocycles. The number of carboxylic acids is 1. The van der Waals surface area contributed by atoms with Crippen molar-refractivity contribution in [2.45, 2.75) is 13.0 Å². The Balaban J connectivity index is 3.50. The zero-order valence-electron chi connectivity index (χ0n) is 5.40. The van der Waals surface area contributed by atoms with Gasteiger partial charge in [-0.15, -0.1) is 0 Å². The predicted molar refractivity (Wildman–Crippen MR) is 30.3 cm³/mol. The molecule has 0 amide bonds. The number of ether oxygens (including phenoxy) is 1. The molecule has 0 aromatic rings. The lowest BCUT2D eigenvalue weighted by Gasteiger charge is -2.02. The van der Waals surface area contributed by atoms with Crippen molar-refractivity contribution in [2.75, 3.05) is 6.61 Å². The summed E-state index contributed by atoms with van der Waals surface area (Å²) in [5, 5.41) is 16.5. The standard InChI is InChI=1S/C5H8O5/c1-3(6)2-10-5(9)4(7)8/h3,6H,2H2,1H3,(H,7,8). The molecule has 0 spiro atoms. The van der Waals surface area contributed by atoms with E-state index in [1.54, 1.807) is 0 Å². The molecule has 1 unspecified atom stereocenters. The summed E-state index contributed by atoms with van der Waals surface area (Å²) in [5.74, 6) is -3.00. The quantitative estimate of drug-likeness (QED) is 0.387. The van der Waals surface area contributed by atoms with Crippen molar-refractivity contribution >= 4 is 11.9 Å². The van der Waals surface area contributed by atoms with Crippen molar-refractivity contribution in [3.05, 3.63) is 0 Å². The summed E-state index contributed by atoms with van der Waals surface area (Å²) in [6, 6.07) is 0. The van der Waals surface area contributed by atoms with Crippen molar-refractivity contribution < 1.29 is 24.5 Å². The summed E-state index contributed by atoms with van der Waals surface area (Å²) in [7, 11) is 0. The average molecular weight is 148 g/mol. The zero-order chi connectivity index (χ0) is 8.15. The molecule has 0 radical (unpaired) electrons. The van der Waals surface area contributed by atoms with E-state index in [1.165, 1.54) is 6.92 Å². The van der Waals surface area contributed by atoms with Crippen LogP contribution in [0.5, 0.6) is 0 Å². The Morgan fingerprint density at radius 1 is 1.60 bits per heavy atom. The van der Waals surface area contributed by atoms with E-state index >= 15 is 0 Å². The van der Waals surface area contributed by atoms with Crippen molar-refractivity contribution in [2.24, 2.45) is 0 Å². The molecule has 5 nitrogen and oxygen atoms in total. The van der Waals surface area contributed by atoms with E-state index < -0.39 is 18.0 Å². The first-order valence-electron chi connectivity index (χ1n) is 2.62. The van der Waals surface area contributed by atoms with E-state index in [9.17, 15) is 9.59 Å². The van der Waals surface area contributed by atoms with Crippen LogP contribution in [0.3, 0.4) is 0 Å². The minimum atomic E-state index is -1.65. The van der Waals surface area contributed by atoms with Gasteiger partial charge in [0.05, 0.1) is 6.10 Å². The van der Waals surface area contributed by atoms with Crippen molar-refractivity contribution in [1.82, 2.24) is 0 Å². The average Bonchev–Trinajstić information content (AvgIpc) is 1.82. The lowest BCUT2D eigenvalue weighted by atomic mass is 10.4. The van der Waals surface area contributed by atoms with Crippen molar-refractivity contribution in [1.29, 1.82) is 0 Å². The number of esters is 1. The number of rotatable bonds is 2. The van der Waals surface area contributed by atoms with Crippen molar-refractivity contribution in [3.8, 4) is 0 Å². The summed E-state index contributed by atoms with van der Waals surface area (Å²) in [4.78, 5) is 19.9. The molecule has 0 fully saturated rings. The Kier molecular flexibility index (Phi) is 3.42. The normalized spacial score (nSPS) is 12.2. The van der Waals surface area contributed by atoms with Crippen molar-refractivity contribution in [3.63, 3.8) is 0 Å². The molecular weight excluding hydrogens is 140 g/mol. The van der Waals surface area contributed by atoms with Crippen LogP contribution in [-0.4, -0.2) is 34.9 Å². The van der Waals surface area contributed by atoms with Crippen LogP contribution in [0, 0.1) is 0 Å². The van der Waals surface area contributed by atoms with E-state index in [0.717, 1.165) is 0 Å². The van der Waals surface area contributed by atoms with Gasteiger partial charge in [-0.3, -0.25) is 0 Å². The van der Waals surface area contributed by atoms with Gasteiger partial charge in [-0.2, -0.15) is 0 Å². The number of hydrogen-bond donors (Lipinski definition) is 2. The molecule has 1 atom stereocenters. The zero-order valence-corrected chi connectivity index (χ0v) is 5.40. The van der Waals surface area contributed by atoms with Crippen LogP contribution in [-0.2, 0) is 14.3 Å². The maximum atomic E-state index is 10.1. The largest absolute Gasteiger partial charge is 0.473 e. The van der Waals surface area contributed by atoms with E-state index in [0.29, 0.717) is 0 Å².